The second kappa shape index (κ2) is 6.20. The molecular formula is C17H11F3N4O. The summed E-state index contributed by atoms with van der Waals surface area (Å²) in [5, 5.41) is 5.78. The van der Waals surface area contributed by atoms with E-state index in [1.54, 1.807) is 24.4 Å². The summed E-state index contributed by atoms with van der Waals surface area (Å²) >= 11 is 0. The van der Waals surface area contributed by atoms with Gasteiger partial charge < -0.3 is 15.6 Å². The van der Waals surface area contributed by atoms with Gasteiger partial charge in [-0.05, 0) is 36.4 Å². The van der Waals surface area contributed by atoms with E-state index < -0.39 is 17.8 Å². The summed E-state index contributed by atoms with van der Waals surface area (Å²) < 4.78 is 37.5. The number of aromatic amines is 1. The average Bonchev–Trinajstić information content (AvgIpc) is 2.96. The highest BCUT2D eigenvalue weighted by Crippen LogP contribution is 2.30. The molecule has 0 bridgehead atoms. The summed E-state index contributed by atoms with van der Waals surface area (Å²) in [7, 11) is 0. The maximum Gasteiger partial charge on any atom is 0.416 e. The van der Waals surface area contributed by atoms with Crippen molar-refractivity contribution < 1.29 is 18.0 Å². The Bertz CT molecular complexity index is 968. The van der Waals surface area contributed by atoms with Crippen molar-refractivity contribution in [1.29, 1.82) is 0 Å². The molecule has 0 saturated carbocycles. The number of carbonyl (C=O) groups excluding carboxylic acids is 1. The van der Waals surface area contributed by atoms with Crippen LogP contribution >= 0.6 is 0 Å². The molecule has 0 atom stereocenters. The largest absolute Gasteiger partial charge is 0.416 e. The molecule has 3 aromatic rings. The van der Waals surface area contributed by atoms with Crippen molar-refractivity contribution in [2.24, 2.45) is 0 Å². The number of H-pyrrole nitrogens is 1. The van der Waals surface area contributed by atoms with Gasteiger partial charge in [0.15, 0.2) is 0 Å². The second-order valence-corrected chi connectivity index (χ2v) is 5.20. The van der Waals surface area contributed by atoms with Gasteiger partial charge in [0.05, 0.1) is 12.1 Å². The van der Waals surface area contributed by atoms with Crippen molar-refractivity contribution in [3.8, 4) is 0 Å². The Balaban J connectivity index is 1.69. The van der Waals surface area contributed by atoms with Crippen molar-refractivity contribution in [3.63, 3.8) is 0 Å². The van der Waals surface area contributed by atoms with Crippen LogP contribution in [0.25, 0.3) is 15.7 Å². The molecule has 0 aliphatic carbocycles. The van der Waals surface area contributed by atoms with E-state index in [9.17, 15) is 18.0 Å². The Morgan fingerprint density at radius 2 is 1.68 bits per heavy atom. The molecule has 2 aromatic carbocycles. The lowest BCUT2D eigenvalue weighted by molar-refractivity contribution is -0.137. The Morgan fingerprint density at radius 1 is 1.04 bits per heavy atom. The molecule has 8 heteroatoms. The van der Waals surface area contributed by atoms with Crippen LogP contribution in [0.4, 0.5) is 35.0 Å². The van der Waals surface area contributed by atoms with Crippen molar-refractivity contribution in [1.82, 2.24) is 4.98 Å². The van der Waals surface area contributed by atoms with Gasteiger partial charge >= 0.3 is 12.2 Å². The number of rotatable bonds is 2. The first kappa shape index (κ1) is 16.4. The summed E-state index contributed by atoms with van der Waals surface area (Å²) in [6, 6.07) is 8.56. The van der Waals surface area contributed by atoms with Gasteiger partial charge in [0.2, 0.25) is 5.69 Å². The molecule has 3 rings (SSSR count). The van der Waals surface area contributed by atoms with Crippen LogP contribution in [0.1, 0.15) is 5.56 Å². The minimum absolute atomic E-state index is 0.238. The molecule has 3 N–H and O–H groups in total. The molecule has 2 amide bonds. The third-order valence-electron chi connectivity index (χ3n) is 3.51. The highest BCUT2D eigenvalue weighted by atomic mass is 19.4. The van der Waals surface area contributed by atoms with Gasteiger partial charge in [-0.25, -0.2) is 9.64 Å². The number of carbonyl (C=O) groups is 1. The zero-order valence-corrected chi connectivity index (χ0v) is 12.6. The van der Waals surface area contributed by atoms with Crippen molar-refractivity contribution in [3.05, 3.63) is 65.6 Å². The number of hydrogen-bond donors (Lipinski definition) is 3. The molecule has 0 aliphatic heterocycles. The summed E-state index contributed by atoms with van der Waals surface area (Å²) in [5.74, 6) is 0. The van der Waals surface area contributed by atoms with Gasteiger partial charge in [-0.15, -0.1) is 0 Å². The second-order valence-electron chi connectivity index (χ2n) is 5.20. The van der Waals surface area contributed by atoms with Gasteiger partial charge in [-0.2, -0.15) is 13.2 Å². The van der Waals surface area contributed by atoms with Crippen molar-refractivity contribution >= 4 is 34.0 Å². The number of aromatic nitrogens is 1. The Kier molecular flexibility index (Phi) is 4.07. The maximum absolute atomic E-state index is 12.5. The smallest absolute Gasteiger partial charge is 0.372 e. The summed E-state index contributed by atoms with van der Waals surface area (Å²) in [4.78, 5) is 18.3. The van der Waals surface area contributed by atoms with Crippen LogP contribution in [-0.2, 0) is 6.18 Å². The fourth-order valence-corrected chi connectivity index (χ4v) is 2.32. The molecule has 1 heterocycles. The fraction of sp³-hybridized carbons (Fsp3) is 0.0588. The quantitative estimate of drug-likeness (QED) is 0.537. The lowest BCUT2D eigenvalue weighted by Crippen LogP contribution is -2.19. The number of alkyl halides is 3. The molecule has 0 spiro atoms. The van der Waals surface area contributed by atoms with Crippen molar-refractivity contribution in [2.45, 2.75) is 6.18 Å². The standard InChI is InChI=1S/C17H11F3N4O/c1-21-15-9-22-14-8-12(6-7-13(14)15)24-16(25)23-11-4-2-10(3-5-11)17(18,19)20/h2-9,22H,(H2,23,24,25). The number of fused-ring (bicyclic) bond motifs is 1. The lowest BCUT2D eigenvalue weighted by Gasteiger charge is -2.10. The van der Waals surface area contributed by atoms with Crippen LogP contribution in [0.5, 0.6) is 0 Å². The molecular weight excluding hydrogens is 333 g/mol. The minimum atomic E-state index is -4.42. The predicted molar refractivity (Wildman–Crippen MR) is 88.6 cm³/mol. The normalized spacial score (nSPS) is 11.1. The number of amides is 2. The first-order valence-electron chi connectivity index (χ1n) is 7.11. The van der Waals surface area contributed by atoms with Crippen LogP contribution in [-0.4, -0.2) is 11.0 Å². The van der Waals surface area contributed by atoms with Gasteiger partial charge in [-0.1, -0.05) is 6.07 Å². The monoisotopic (exact) mass is 344 g/mol. The molecule has 5 nitrogen and oxygen atoms in total. The van der Waals surface area contributed by atoms with Crippen LogP contribution in [0.15, 0.2) is 48.7 Å². The van der Waals surface area contributed by atoms with Crippen molar-refractivity contribution in [2.75, 3.05) is 10.6 Å². The summed E-state index contributed by atoms with van der Waals surface area (Å²) in [6.45, 7) is 7.04. The van der Waals surface area contributed by atoms with E-state index in [1.165, 1.54) is 12.1 Å². The van der Waals surface area contributed by atoms with E-state index in [0.29, 0.717) is 16.9 Å². The number of benzene rings is 2. The molecule has 0 unspecified atom stereocenters. The van der Waals surface area contributed by atoms with E-state index in [-0.39, 0.29) is 5.69 Å². The molecule has 0 radical (unpaired) electrons. The number of halogens is 3. The Morgan fingerprint density at radius 3 is 2.32 bits per heavy atom. The SMILES string of the molecule is [C-]#[N+]c1c[nH]c2cc(NC(=O)Nc3ccc(C(F)(F)F)cc3)ccc12. The zero-order chi connectivity index (χ0) is 18.0. The number of nitrogens with zero attached hydrogens (tertiary/aromatic N) is 1. The topological polar surface area (TPSA) is 61.3 Å². The number of anilines is 2. The fourth-order valence-electron chi connectivity index (χ4n) is 2.32. The zero-order valence-electron chi connectivity index (χ0n) is 12.6. The van der Waals surface area contributed by atoms with Gasteiger partial charge in [0.1, 0.15) is 0 Å². The highest BCUT2D eigenvalue weighted by Gasteiger charge is 2.29. The summed E-state index contributed by atoms with van der Waals surface area (Å²) in [6.07, 6.45) is -2.85. The number of hydrogen-bond acceptors (Lipinski definition) is 1. The lowest BCUT2D eigenvalue weighted by atomic mass is 10.2. The third-order valence-corrected chi connectivity index (χ3v) is 3.51. The number of urea groups is 1. The van der Waals surface area contributed by atoms with E-state index in [0.717, 1.165) is 17.5 Å². The molecule has 1 aromatic heterocycles. The van der Waals surface area contributed by atoms with Crippen LogP contribution in [0.2, 0.25) is 0 Å². The first-order chi connectivity index (χ1) is 11.9. The van der Waals surface area contributed by atoms with Gasteiger partial charge in [0.25, 0.3) is 0 Å². The predicted octanol–water partition coefficient (Wildman–Crippen LogP) is 5.38. The van der Waals surface area contributed by atoms with E-state index in [2.05, 4.69) is 20.5 Å². The molecule has 25 heavy (non-hydrogen) atoms. The van der Waals surface area contributed by atoms with Gasteiger partial charge in [0, 0.05) is 28.5 Å². The molecule has 0 aliphatic rings. The Hall–Kier alpha value is -3.47. The maximum atomic E-state index is 12.5. The van der Waals surface area contributed by atoms with Crippen LogP contribution in [0, 0.1) is 6.57 Å². The van der Waals surface area contributed by atoms with E-state index >= 15 is 0 Å². The molecule has 0 saturated heterocycles. The minimum Gasteiger partial charge on any atom is -0.372 e. The van der Waals surface area contributed by atoms with Crippen LogP contribution < -0.4 is 10.6 Å². The number of nitrogens with one attached hydrogen (secondary N) is 3. The highest BCUT2D eigenvalue weighted by molar-refractivity contribution is 6.02. The first-order valence-corrected chi connectivity index (χ1v) is 7.11. The van der Waals surface area contributed by atoms with Gasteiger partial charge in [-0.3, -0.25) is 0 Å². The molecule has 0 fully saturated rings. The summed E-state index contributed by atoms with van der Waals surface area (Å²) in [5.41, 5.74) is 1.11. The van der Waals surface area contributed by atoms with E-state index in [1.807, 2.05) is 0 Å². The Labute approximate surface area is 140 Å². The molecule has 126 valence electrons. The van der Waals surface area contributed by atoms with Crippen LogP contribution in [0.3, 0.4) is 0 Å². The third kappa shape index (κ3) is 3.55. The average molecular weight is 344 g/mol. The van der Waals surface area contributed by atoms with E-state index in [4.69, 9.17) is 6.57 Å².